The van der Waals surface area contributed by atoms with Gasteiger partial charge in [0.25, 0.3) is 5.91 Å². The van der Waals surface area contributed by atoms with E-state index in [2.05, 4.69) is 9.97 Å². The summed E-state index contributed by atoms with van der Waals surface area (Å²) in [6.45, 7) is 0. The molecule has 1 saturated carbocycles. The minimum Gasteiger partial charge on any atom is -0.384 e. The molecule has 0 saturated heterocycles. The molecule has 0 aromatic carbocycles. The minimum atomic E-state index is 0.0254. The van der Waals surface area contributed by atoms with Crippen LogP contribution in [-0.4, -0.2) is 33.9 Å². The molecule has 0 radical (unpaired) electrons. The highest BCUT2D eigenvalue weighted by atomic mass is 16.2. The summed E-state index contributed by atoms with van der Waals surface area (Å²) < 4.78 is 0. The smallest absolute Gasteiger partial charge is 0.255 e. The SMILES string of the molecule is CN(C(=O)c1cncc(-c2ccc(N)nc2)c1)C1CCC1. The second-order valence-corrected chi connectivity index (χ2v) is 5.43. The van der Waals surface area contributed by atoms with Crippen molar-refractivity contribution in [2.45, 2.75) is 25.3 Å². The molecule has 5 heteroatoms. The molecule has 0 spiro atoms. The molecule has 0 unspecified atom stereocenters. The lowest BCUT2D eigenvalue weighted by molar-refractivity contribution is 0.0651. The van der Waals surface area contributed by atoms with Crippen molar-refractivity contribution in [1.82, 2.24) is 14.9 Å². The number of aromatic nitrogens is 2. The summed E-state index contributed by atoms with van der Waals surface area (Å²) in [7, 11) is 1.86. The molecule has 3 rings (SSSR count). The Bertz CT molecular complexity index is 650. The molecule has 2 heterocycles. The first-order valence-corrected chi connectivity index (χ1v) is 7.09. The normalized spacial score (nSPS) is 14.5. The second kappa shape index (κ2) is 5.52. The van der Waals surface area contributed by atoms with E-state index < -0.39 is 0 Å². The predicted molar refractivity (Wildman–Crippen MR) is 81.6 cm³/mol. The molecule has 108 valence electrons. The van der Waals surface area contributed by atoms with Gasteiger partial charge in [-0.05, 0) is 37.5 Å². The van der Waals surface area contributed by atoms with Crippen LogP contribution in [0.1, 0.15) is 29.6 Å². The van der Waals surface area contributed by atoms with Gasteiger partial charge in [-0.15, -0.1) is 0 Å². The van der Waals surface area contributed by atoms with Gasteiger partial charge in [0.15, 0.2) is 0 Å². The van der Waals surface area contributed by atoms with E-state index in [0.717, 1.165) is 24.0 Å². The van der Waals surface area contributed by atoms with E-state index in [0.29, 0.717) is 17.4 Å². The minimum absolute atomic E-state index is 0.0254. The number of rotatable bonds is 3. The Morgan fingerprint density at radius 3 is 2.67 bits per heavy atom. The van der Waals surface area contributed by atoms with E-state index in [1.54, 1.807) is 24.7 Å². The van der Waals surface area contributed by atoms with Gasteiger partial charge in [0.05, 0.1) is 5.56 Å². The number of nitrogens with zero attached hydrogens (tertiary/aromatic N) is 3. The Kier molecular flexibility index (Phi) is 3.56. The monoisotopic (exact) mass is 282 g/mol. The number of hydrogen-bond donors (Lipinski definition) is 1. The third kappa shape index (κ3) is 2.72. The molecule has 21 heavy (non-hydrogen) atoms. The van der Waals surface area contributed by atoms with Crippen LogP contribution < -0.4 is 5.73 Å². The van der Waals surface area contributed by atoms with E-state index in [9.17, 15) is 4.79 Å². The van der Waals surface area contributed by atoms with E-state index in [1.165, 1.54) is 6.42 Å². The number of carbonyl (C=O) groups excluding carboxylic acids is 1. The molecule has 0 aliphatic heterocycles. The van der Waals surface area contributed by atoms with Gasteiger partial charge in [0.2, 0.25) is 0 Å². The van der Waals surface area contributed by atoms with Gasteiger partial charge in [0, 0.05) is 42.8 Å². The number of carbonyl (C=O) groups is 1. The topological polar surface area (TPSA) is 72.1 Å². The number of amides is 1. The van der Waals surface area contributed by atoms with E-state index in [1.807, 2.05) is 24.1 Å². The molecular weight excluding hydrogens is 264 g/mol. The fourth-order valence-corrected chi connectivity index (χ4v) is 2.43. The number of pyridine rings is 2. The third-order valence-electron chi connectivity index (χ3n) is 4.05. The van der Waals surface area contributed by atoms with Gasteiger partial charge in [-0.25, -0.2) is 4.98 Å². The van der Waals surface area contributed by atoms with Crippen LogP contribution in [0, 0.1) is 0 Å². The summed E-state index contributed by atoms with van der Waals surface area (Å²) in [5, 5.41) is 0. The maximum absolute atomic E-state index is 12.5. The van der Waals surface area contributed by atoms with Crippen LogP contribution in [0.25, 0.3) is 11.1 Å². The molecule has 2 aromatic heterocycles. The molecule has 0 bridgehead atoms. The molecule has 0 atom stereocenters. The summed E-state index contributed by atoms with van der Waals surface area (Å²) in [5.74, 6) is 0.501. The number of nitrogen functional groups attached to an aromatic ring is 1. The predicted octanol–water partition coefficient (Wildman–Crippen LogP) is 2.35. The van der Waals surface area contributed by atoms with Crippen molar-refractivity contribution in [3.8, 4) is 11.1 Å². The Balaban J connectivity index is 1.85. The first-order valence-electron chi connectivity index (χ1n) is 7.09. The van der Waals surface area contributed by atoms with Gasteiger partial charge in [-0.3, -0.25) is 9.78 Å². The lowest BCUT2D eigenvalue weighted by Crippen LogP contribution is -2.41. The van der Waals surface area contributed by atoms with Crippen molar-refractivity contribution in [1.29, 1.82) is 0 Å². The Morgan fingerprint density at radius 1 is 1.24 bits per heavy atom. The summed E-state index contributed by atoms with van der Waals surface area (Å²) >= 11 is 0. The fraction of sp³-hybridized carbons (Fsp3) is 0.312. The zero-order valence-corrected chi connectivity index (χ0v) is 12.0. The molecule has 2 N–H and O–H groups in total. The highest BCUT2D eigenvalue weighted by Crippen LogP contribution is 2.26. The zero-order valence-electron chi connectivity index (χ0n) is 12.0. The maximum Gasteiger partial charge on any atom is 0.255 e. The second-order valence-electron chi connectivity index (χ2n) is 5.43. The molecule has 5 nitrogen and oxygen atoms in total. The lowest BCUT2D eigenvalue weighted by Gasteiger charge is -2.34. The van der Waals surface area contributed by atoms with Gasteiger partial charge in [-0.1, -0.05) is 0 Å². The zero-order chi connectivity index (χ0) is 14.8. The third-order valence-corrected chi connectivity index (χ3v) is 4.05. The van der Waals surface area contributed by atoms with Gasteiger partial charge < -0.3 is 10.6 Å². The maximum atomic E-state index is 12.5. The Labute approximate surface area is 123 Å². The van der Waals surface area contributed by atoms with E-state index >= 15 is 0 Å². The van der Waals surface area contributed by atoms with Crippen LogP contribution in [0.3, 0.4) is 0 Å². The summed E-state index contributed by atoms with van der Waals surface area (Å²) in [6, 6.07) is 5.85. The molecule has 1 amide bonds. The molecule has 1 aliphatic rings. The first kappa shape index (κ1) is 13.5. The lowest BCUT2D eigenvalue weighted by atomic mass is 9.91. The van der Waals surface area contributed by atoms with Crippen molar-refractivity contribution in [2.24, 2.45) is 0 Å². The number of hydrogen-bond acceptors (Lipinski definition) is 4. The van der Waals surface area contributed by atoms with Gasteiger partial charge >= 0.3 is 0 Å². The van der Waals surface area contributed by atoms with Crippen molar-refractivity contribution in [3.05, 3.63) is 42.4 Å². The van der Waals surface area contributed by atoms with Gasteiger partial charge in [-0.2, -0.15) is 0 Å². The number of nitrogens with two attached hydrogens (primary N) is 1. The van der Waals surface area contributed by atoms with Crippen molar-refractivity contribution in [2.75, 3.05) is 12.8 Å². The van der Waals surface area contributed by atoms with Crippen LogP contribution in [-0.2, 0) is 0 Å². The average Bonchev–Trinajstić information content (AvgIpc) is 2.45. The number of anilines is 1. The first-order chi connectivity index (χ1) is 10.1. The summed E-state index contributed by atoms with van der Waals surface area (Å²) in [4.78, 5) is 22.5. The van der Waals surface area contributed by atoms with Crippen molar-refractivity contribution in [3.63, 3.8) is 0 Å². The van der Waals surface area contributed by atoms with E-state index in [4.69, 9.17) is 5.73 Å². The van der Waals surface area contributed by atoms with Crippen LogP contribution in [0.2, 0.25) is 0 Å². The quantitative estimate of drug-likeness (QED) is 0.938. The van der Waals surface area contributed by atoms with Crippen LogP contribution in [0.15, 0.2) is 36.8 Å². The van der Waals surface area contributed by atoms with Crippen LogP contribution in [0.5, 0.6) is 0 Å². The largest absolute Gasteiger partial charge is 0.384 e. The van der Waals surface area contributed by atoms with Crippen molar-refractivity contribution < 1.29 is 4.79 Å². The molecule has 1 aliphatic carbocycles. The van der Waals surface area contributed by atoms with E-state index in [-0.39, 0.29) is 5.91 Å². The Hall–Kier alpha value is -2.43. The molecular formula is C16H18N4O. The van der Waals surface area contributed by atoms with Gasteiger partial charge in [0.1, 0.15) is 5.82 Å². The Morgan fingerprint density at radius 2 is 2.05 bits per heavy atom. The fourth-order valence-electron chi connectivity index (χ4n) is 2.43. The standard InChI is InChI=1S/C16H18N4O/c1-20(14-3-2-4-14)16(21)13-7-12(8-18-9-13)11-5-6-15(17)19-10-11/h5-10,14H,2-4H2,1H3,(H2,17,19). The highest BCUT2D eigenvalue weighted by molar-refractivity contribution is 5.95. The van der Waals surface area contributed by atoms with Crippen LogP contribution >= 0.6 is 0 Å². The van der Waals surface area contributed by atoms with Crippen LogP contribution in [0.4, 0.5) is 5.82 Å². The average molecular weight is 282 g/mol. The highest BCUT2D eigenvalue weighted by Gasteiger charge is 2.26. The molecule has 2 aromatic rings. The summed E-state index contributed by atoms with van der Waals surface area (Å²) in [6.07, 6.45) is 8.43. The van der Waals surface area contributed by atoms with Crippen molar-refractivity contribution >= 4 is 11.7 Å². The molecule has 1 fully saturated rings. The summed E-state index contributed by atoms with van der Waals surface area (Å²) in [5.41, 5.74) is 7.97.